The smallest absolute Gasteiger partial charge is 0.00430 e. The van der Waals surface area contributed by atoms with E-state index in [0.29, 0.717) is 11.8 Å². The average Bonchev–Trinajstić information content (AvgIpc) is 3.10. The zero-order valence-electron chi connectivity index (χ0n) is 10.4. The molecule has 2 rings (SSSR count). The molecule has 0 spiro atoms. The van der Waals surface area contributed by atoms with Gasteiger partial charge in [-0.25, -0.2) is 0 Å². The summed E-state index contributed by atoms with van der Waals surface area (Å²) >= 11 is 0. The number of nitrogens with two attached hydrogens (primary N) is 1. The largest absolute Gasteiger partial charge is 0.330 e. The third kappa shape index (κ3) is 2.85. The SMILES string of the molecule is CC(C)c1ccc(CC(CN)C2CC2)cc1. The Morgan fingerprint density at radius 1 is 1.19 bits per heavy atom. The van der Waals surface area contributed by atoms with E-state index in [2.05, 4.69) is 38.1 Å². The van der Waals surface area contributed by atoms with Gasteiger partial charge in [0.1, 0.15) is 0 Å². The van der Waals surface area contributed by atoms with E-state index in [0.717, 1.165) is 12.5 Å². The van der Waals surface area contributed by atoms with Gasteiger partial charge in [0.2, 0.25) is 0 Å². The molecule has 1 aromatic rings. The molecule has 1 aromatic carbocycles. The normalized spacial score (nSPS) is 17.8. The highest BCUT2D eigenvalue weighted by Crippen LogP contribution is 2.37. The molecule has 0 aliphatic heterocycles. The van der Waals surface area contributed by atoms with Crippen molar-refractivity contribution < 1.29 is 0 Å². The first-order chi connectivity index (χ1) is 7.70. The monoisotopic (exact) mass is 217 g/mol. The second kappa shape index (κ2) is 5.01. The van der Waals surface area contributed by atoms with Crippen LogP contribution < -0.4 is 5.73 Å². The number of benzene rings is 1. The summed E-state index contributed by atoms with van der Waals surface area (Å²) in [7, 11) is 0. The molecular formula is C15H23N. The Hall–Kier alpha value is -0.820. The molecule has 1 nitrogen and oxygen atoms in total. The zero-order valence-corrected chi connectivity index (χ0v) is 10.4. The van der Waals surface area contributed by atoms with Gasteiger partial charge < -0.3 is 5.73 Å². The molecule has 1 saturated carbocycles. The van der Waals surface area contributed by atoms with E-state index < -0.39 is 0 Å². The van der Waals surface area contributed by atoms with Gasteiger partial charge in [-0.15, -0.1) is 0 Å². The predicted molar refractivity (Wildman–Crippen MR) is 69.5 cm³/mol. The Labute approximate surface area is 99.0 Å². The first-order valence-corrected chi connectivity index (χ1v) is 6.49. The first-order valence-electron chi connectivity index (χ1n) is 6.49. The minimum atomic E-state index is 0.628. The van der Waals surface area contributed by atoms with Gasteiger partial charge in [0.15, 0.2) is 0 Å². The van der Waals surface area contributed by atoms with E-state index in [9.17, 15) is 0 Å². The Balaban J connectivity index is 1.98. The molecule has 1 fully saturated rings. The van der Waals surface area contributed by atoms with E-state index in [-0.39, 0.29) is 0 Å². The molecule has 0 bridgehead atoms. The molecule has 0 aromatic heterocycles. The van der Waals surface area contributed by atoms with Gasteiger partial charge in [0, 0.05) is 0 Å². The molecule has 0 heterocycles. The van der Waals surface area contributed by atoms with Crippen LogP contribution in [0.15, 0.2) is 24.3 Å². The summed E-state index contributed by atoms with van der Waals surface area (Å²) in [6.07, 6.45) is 3.96. The van der Waals surface area contributed by atoms with Gasteiger partial charge in [0.25, 0.3) is 0 Å². The fourth-order valence-electron chi connectivity index (χ4n) is 2.35. The summed E-state index contributed by atoms with van der Waals surface area (Å²) in [4.78, 5) is 0. The van der Waals surface area contributed by atoms with Crippen LogP contribution in [0.25, 0.3) is 0 Å². The van der Waals surface area contributed by atoms with Gasteiger partial charge in [0.05, 0.1) is 0 Å². The van der Waals surface area contributed by atoms with Crippen LogP contribution in [0.2, 0.25) is 0 Å². The molecule has 0 saturated heterocycles. The average molecular weight is 217 g/mol. The van der Waals surface area contributed by atoms with E-state index in [1.807, 2.05) is 0 Å². The molecule has 88 valence electrons. The van der Waals surface area contributed by atoms with Gasteiger partial charge in [-0.05, 0) is 54.7 Å². The highest BCUT2D eigenvalue weighted by Gasteiger charge is 2.29. The lowest BCUT2D eigenvalue weighted by molar-refractivity contribution is 0.471. The van der Waals surface area contributed by atoms with Crippen molar-refractivity contribution in [1.29, 1.82) is 0 Å². The van der Waals surface area contributed by atoms with Crippen LogP contribution in [0.5, 0.6) is 0 Å². The highest BCUT2D eigenvalue weighted by molar-refractivity contribution is 5.25. The second-order valence-corrected chi connectivity index (χ2v) is 5.43. The van der Waals surface area contributed by atoms with Gasteiger partial charge in [-0.2, -0.15) is 0 Å². The standard InChI is InChI=1S/C15H23N/c1-11(2)13-5-3-12(4-6-13)9-15(10-16)14-7-8-14/h3-6,11,14-15H,7-10,16H2,1-2H3. The van der Waals surface area contributed by atoms with Crippen LogP contribution in [0, 0.1) is 11.8 Å². The maximum absolute atomic E-state index is 5.84. The minimum Gasteiger partial charge on any atom is -0.330 e. The summed E-state index contributed by atoms with van der Waals surface area (Å²) in [5, 5.41) is 0. The van der Waals surface area contributed by atoms with E-state index in [4.69, 9.17) is 5.73 Å². The maximum atomic E-state index is 5.84. The van der Waals surface area contributed by atoms with Crippen molar-refractivity contribution in [2.75, 3.05) is 6.54 Å². The molecule has 1 heteroatoms. The third-order valence-corrected chi connectivity index (χ3v) is 3.74. The van der Waals surface area contributed by atoms with E-state index >= 15 is 0 Å². The molecular weight excluding hydrogens is 194 g/mol. The Kier molecular flexibility index (Phi) is 3.65. The van der Waals surface area contributed by atoms with Crippen LogP contribution in [-0.4, -0.2) is 6.54 Å². The fourth-order valence-corrected chi connectivity index (χ4v) is 2.35. The Bertz CT molecular complexity index is 322. The predicted octanol–water partition coefficient (Wildman–Crippen LogP) is 3.34. The molecule has 1 aliphatic rings. The third-order valence-electron chi connectivity index (χ3n) is 3.74. The van der Waals surface area contributed by atoms with Crippen molar-refractivity contribution in [2.24, 2.45) is 17.6 Å². The summed E-state index contributed by atoms with van der Waals surface area (Å²) < 4.78 is 0. The summed E-state index contributed by atoms with van der Waals surface area (Å²) in [5.41, 5.74) is 8.72. The summed E-state index contributed by atoms with van der Waals surface area (Å²) in [6, 6.07) is 9.09. The van der Waals surface area contributed by atoms with Crippen molar-refractivity contribution >= 4 is 0 Å². The molecule has 0 radical (unpaired) electrons. The lowest BCUT2D eigenvalue weighted by Gasteiger charge is -2.14. The molecule has 0 amide bonds. The van der Waals surface area contributed by atoms with Crippen LogP contribution in [0.4, 0.5) is 0 Å². The number of hydrogen-bond donors (Lipinski definition) is 1. The Morgan fingerprint density at radius 3 is 2.25 bits per heavy atom. The highest BCUT2D eigenvalue weighted by atomic mass is 14.6. The van der Waals surface area contributed by atoms with Crippen LogP contribution in [-0.2, 0) is 6.42 Å². The summed E-state index contributed by atoms with van der Waals surface area (Å²) in [5.74, 6) is 2.25. The second-order valence-electron chi connectivity index (χ2n) is 5.43. The molecule has 1 aliphatic carbocycles. The van der Waals surface area contributed by atoms with Crippen molar-refractivity contribution in [2.45, 2.75) is 39.0 Å². The molecule has 16 heavy (non-hydrogen) atoms. The Morgan fingerprint density at radius 2 is 1.81 bits per heavy atom. The van der Waals surface area contributed by atoms with Gasteiger partial charge >= 0.3 is 0 Å². The number of hydrogen-bond acceptors (Lipinski definition) is 1. The van der Waals surface area contributed by atoms with Crippen molar-refractivity contribution in [3.63, 3.8) is 0 Å². The van der Waals surface area contributed by atoms with Gasteiger partial charge in [-0.3, -0.25) is 0 Å². The van der Waals surface area contributed by atoms with Crippen molar-refractivity contribution in [3.8, 4) is 0 Å². The lowest BCUT2D eigenvalue weighted by atomic mass is 9.93. The van der Waals surface area contributed by atoms with E-state index in [1.54, 1.807) is 0 Å². The van der Waals surface area contributed by atoms with Crippen LogP contribution in [0.1, 0.15) is 43.7 Å². The van der Waals surface area contributed by atoms with Crippen molar-refractivity contribution in [3.05, 3.63) is 35.4 Å². The number of rotatable bonds is 5. The first kappa shape index (κ1) is 11.7. The lowest BCUT2D eigenvalue weighted by Crippen LogP contribution is -2.18. The topological polar surface area (TPSA) is 26.0 Å². The minimum absolute atomic E-state index is 0.628. The summed E-state index contributed by atoms with van der Waals surface area (Å²) in [6.45, 7) is 5.32. The van der Waals surface area contributed by atoms with Crippen molar-refractivity contribution in [1.82, 2.24) is 0 Å². The van der Waals surface area contributed by atoms with E-state index in [1.165, 1.54) is 30.4 Å². The van der Waals surface area contributed by atoms with Crippen LogP contribution in [0.3, 0.4) is 0 Å². The quantitative estimate of drug-likeness (QED) is 0.804. The zero-order chi connectivity index (χ0) is 11.5. The van der Waals surface area contributed by atoms with Gasteiger partial charge in [-0.1, -0.05) is 38.1 Å². The fraction of sp³-hybridized carbons (Fsp3) is 0.600. The molecule has 2 N–H and O–H groups in total. The molecule has 1 atom stereocenters. The van der Waals surface area contributed by atoms with Crippen LogP contribution >= 0.6 is 0 Å². The maximum Gasteiger partial charge on any atom is -0.00430 e. The molecule has 1 unspecified atom stereocenters.